The van der Waals surface area contributed by atoms with E-state index in [0.717, 1.165) is 11.4 Å². The van der Waals surface area contributed by atoms with Gasteiger partial charge in [-0.15, -0.1) is 0 Å². The summed E-state index contributed by atoms with van der Waals surface area (Å²) >= 11 is 0. The van der Waals surface area contributed by atoms with Gasteiger partial charge in [0, 0.05) is 24.5 Å². The molecule has 0 aliphatic carbocycles. The number of rotatable bonds is 8. The van der Waals surface area contributed by atoms with Gasteiger partial charge in [-0.05, 0) is 45.0 Å². The van der Waals surface area contributed by atoms with Gasteiger partial charge in [-0.25, -0.2) is 0 Å². The summed E-state index contributed by atoms with van der Waals surface area (Å²) in [5.74, 6) is 1.36. The van der Waals surface area contributed by atoms with Crippen LogP contribution in [-0.2, 0) is 4.79 Å². The van der Waals surface area contributed by atoms with E-state index in [1.807, 2.05) is 69.3 Å². The van der Waals surface area contributed by atoms with Gasteiger partial charge in [-0.2, -0.15) is 0 Å². The number of para-hydroxylation sites is 1. The predicted molar refractivity (Wildman–Crippen MR) is 102 cm³/mol. The first kappa shape index (κ1) is 18.6. The van der Waals surface area contributed by atoms with E-state index in [4.69, 9.17) is 9.47 Å². The normalized spacial score (nSPS) is 11.5. The zero-order valence-corrected chi connectivity index (χ0v) is 15.3. The molecule has 5 nitrogen and oxygen atoms in total. The number of carbonyl (C=O) groups excluding carboxylic acids is 1. The molecule has 1 amide bonds. The van der Waals surface area contributed by atoms with Crippen molar-refractivity contribution in [3.05, 3.63) is 48.5 Å². The third kappa shape index (κ3) is 4.89. The minimum atomic E-state index is -0.377. The second-order valence-corrected chi connectivity index (χ2v) is 5.63. The Hall–Kier alpha value is -2.69. The lowest BCUT2D eigenvalue weighted by atomic mass is 10.2. The van der Waals surface area contributed by atoms with Crippen LogP contribution in [0.1, 0.15) is 20.8 Å². The number of hydrogen-bond donors (Lipinski definition) is 1. The summed E-state index contributed by atoms with van der Waals surface area (Å²) in [6, 6.07) is 14.8. The maximum atomic E-state index is 12.6. The minimum absolute atomic E-state index is 0.0157. The van der Waals surface area contributed by atoms with Gasteiger partial charge in [0.2, 0.25) is 5.91 Å². The van der Waals surface area contributed by atoms with Crippen LogP contribution in [0.4, 0.5) is 11.4 Å². The van der Waals surface area contributed by atoms with Crippen molar-refractivity contribution in [2.24, 2.45) is 0 Å². The fourth-order valence-corrected chi connectivity index (χ4v) is 2.52. The van der Waals surface area contributed by atoms with Crippen LogP contribution in [0.2, 0.25) is 0 Å². The van der Waals surface area contributed by atoms with E-state index in [1.165, 1.54) is 0 Å². The summed E-state index contributed by atoms with van der Waals surface area (Å²) in [5.41, 5.74) is 1.68. The van der Waals surface area contributed by atoms with Gasteiger partial charge in [0.15, 0.2) is 11.5 Å². The van der Waals surface area contributed by atoms with Gasteiger partial charge >= 0.3 is 0 Å². The van der Waals surface area contributed by atoms with Gasteiger partial charge < -0.3 is 19.7 Å². The van der Waals surface area contributed by atoms with Crippen molar-refractivity contribution in [2.75, 3.05) is 30.5 Å². The van der Waals surface area contributed by atoms with Gasteiger partial charge in [0.25, 0.3) is 0 Å². The van der Waals surface area contributed by atoms with Crippen molar-refractivity contribution < 1.29 is 14.3 Å². The molecule has 134 valence electrons. The van der Waals surface area contributed by atoms with E-state index in [0.29, 0.717) is 24.7 Å². The Morgan fingerprint density at radius 1 is 1.04 bits per heavy atom. The molecule has 0 unspecified atom stereocenters. The highest BCUT2D eigenvalue weighted by Gasteiger charge is 2.19. The molecule has 0 bridgehead atoms. The Kier molecular flexibility index (Phi) is 6.69. The lowest BCUT2D eigenvalue weighted by molar-refractivity contribution is -0.118. The van der Waals surface area contributed by atoms with Crippen LogP contribution in [0.3, 0.4) is 0 Å². The number of benzene rings is 2. The number of likely N-dealkylation sites (N-methyl/N-ethyl adjacent to an activating group) is 1. The Bertz CT molecular complexity index is 689. The predicted octanol–water partition coefficient (Wildman–Crippen LogP) is 3.95. The Balaban J connectivity index is 2.10. The molecule has 1 atom stereocenters. The topological polar surface area (TPSA) is 50.8 Å². The molecule has 0 heterocycles. The molecule has 0 spiro atoms. The third-order valence-corrected chi connectivity index (χ3v) is 3.77. The van der Waals surface area contributed by atoms with Crippen molar-refractivity contribution in [1.82, 2.24) is 0 Å². The Morgan fingerprint density at radius 3 is 2.32 bits per heavy atom. The van der Waals surface area contributed by atoms with Crippen LogP contribution < -0.4 is 19.7 Å². The number of amides is 1. The minimum Gasteiger partial charge on any atom is -0.490 e. The molecule has 25 heavy (non-hydrogen) atoms. The SMILES string of the molecule is CCOc1ccc(N[C@@H](C)C(=O)N(C)c2ccccc2)cc1OCC. The molecule has 2 rings (SSSR count). The molecule has 0 saturated carbocycles. The summed E-state index contributed by atoms with van der Waals surface area (Å²) in [6.07, 6.45) is 0. The zero-order chi connectivity index (χ0) is 18.2. The summed E-state index contributed by atoms with van der Waals surface area (Å²) in [5, 5.41) is 3.23. The van der Waals surface area contributed by atoms with Crippen molar-refractivity contribution >= 4 is 17.3 Å². The van der Waals surface area contributed by atoms with E-state index in [2.05, 4.69) is 5.32 Å². The highest BCUT2D eigenvalue weighted by Crippen LogP contribution is 2.31. The van der Waals surface area contributed by atoms with Crippen LogP contribution in [0.25, 0.3) is 0 Å². The number of carbonyl (C=O) groups is 1. The van der Waals surface area contributed by atoms with Crippen molar-refractivity contribution in [3.8, 4) is 11.5 Å². The van der Waals surface area contributed by atoms with E-state index in [9.17, 15) is 4.79 Å². The van der Waals surface area contributed by atoms with Crippen molar-refractivity contribution in [1.29, 1.82) is 0 Å². The average molecular weight is 342 g/mol. The smallest absolute Gasteiger partial charge is 0.248 e. The fraction of sp³-hybridized carbons (Fsp3) is 0.350. The highest BCUT2D eigenvalue weighted by atomic mass is 16.5. The maximum Gasteiger partial charge on any atom is 0.248 e. The molecule has 0 radical (unpaired) electrons. The molecular weight excluding hydrogens is 316 g/mol. The molecule has 2 aromatic rings. The van der Waals surface area contributed by atoms with Crippen LogP contribution in [-0.4, -0.2) is 32.2 Å². The van der Waals surface area contributed by atoms with Crippen LogP contribution in [0.5, 0.6) is 11.5 Å². The zero-order valence-electron chi connectivity index (χ0n) is 15.3. The second kappa shape index (κ2) is 8.97. The molecule has 2 aromatic carbocycles. The standard InChI is InChI=1S/C20H26N2O3/c1-5-24-18-13-12-16(14-19(18)25-6-2)21-15(3)20(23)22(4)17-10-8-7-9-11-17/h7-15,21H,5-6H2,1-4H3/t15-/m0/s1. The number of nitrogens with zero attached hydrogens (tertiary/aromatic N) is 1. The highest BCUT2D eigenvalue weighted by molar-refractivity contribution is 5.98. The van der Waals surface area contributed by atoms with Crippen LogP contribution in [0, 0.1) is 0 Å². The summed E-state index contributed by atoms with van der Waals surface area (Å²) in [4.78, 5) is 14.3. The fourth-order valence-electron chi connectivity index (χ4n) is 2.52. The van der Waals surface area contributed by atoms with Gasteiger partial charge in [0.1, 0.15) is 6.04 Å². The summed E-state index contributed by atoms with van der Waals surface area (Å²) < 4.78 is 11.2. The van der Waals surface area contributed by atoms with Crippen LogP contribution >= 0.6 is 0 Å². The van der Waals surface area contributed by atoms with E-state index in [-0.39, 0.29) is 11.9 Å². The molecule has 0 saturated heterocycles. The van der Waals surface area contributed by atoms with Gasteiger partial charge in [0.05, 0.1) is 13.2 Å². The van der Waals surface area contributed by atoms with Gasteiger partial charge in [-0.1, -0.05) is 18.2 Å². The number of hydrogen-bond acceptors (Lipinski definition) is 4. The number of anilines is 2. The average Bonchev–Trinajstić information content (AvgIpc) is 2.63. The first-order valence-corrected chi connectivity index (χ1v) is 8.55. The van der Waals surface area contributed by atoms with E-state index < -0.39 is 0 Å². The quantitative estimate of drug-likeness (QED) is 0.789. The largest absolute Gasteiger partial charge is 0.490 e. The first-order valence-electron chi connectivity index (χ1n) is 8.55. The van der Waals surface area contributed by atoms with Gasteiger partial charge in [-0.3, -0.25) is 4.79 Å². The number of ether oxygens (including phenoxy) is 2. The lowest BCUT2D eigenvalue weighted by Gasteiger charge is -2.23. The molecule has 0 aromatic heterocycles. The molecular formula is C20H26N2O3. The lowest BCUT2D eigenvalue weighted by Crippen LogP contribution is -2.39. The van der Waals surface area contributed by atoms with E-state index in [1.54, 1.807) is 11.9 Å². The number of nitrogens with one attached hydrogen (secondary N) is 1. The molecule has 1 N–H and O–H groups in total. The summed E-state index contributed by atoms with van der Waals surface area (Å²) in [7, 11) is 1.78. The molecule has 0 aliphatic rings. The second-order valence-electron chi connectivity index (χ2n) is 5.63. The maximum absolute atomic E-state index is 12.6. The van der Waals surface area contributed by atoms with E-state index >= 15 is 0 Å². The Labute approximate surface area is 149 Å². The van der Waals surface area contributed by atoms with Crippen molar-refractivity contribution in [2.45, 2.75) is 26.8 Å². The molecule has 5 heteroatoms. The van der Waals surface area contributed by atoms with Crippen LogP contribution in [0.15, 0.2) is 48.5 Å². The monoisotopic (exact) mass is 342 g/mol. The Morgan fingerprint density at radius 2 is 1.68 bits per heavy atom. The van der Waals surface area contributed by atoms with Crippen molar-refractivity contribution in [3.63, 3.8) is 0 Å². The summed E-state index contributed by atoms with van der Waals surface area (Å²) in [6.45, 7) is 6.83. The first-order chi connectivity index (χ1) is 12.1. The molecule has 0 fully saturated rings. The molecule has 0 aliphatic heterocycles. The third-order valence-electron chi connectivity index (χ3n) is 3.77.